The Balaban J connectivity index is 2.19. The van der Waals surface area contributed by atoms with Crippen LogP contribution in [0.25, 0.3) is 0 Å². The topological polar surface area (TPSA) is 38.2 Å². The van der Waals surface area contributed by atoms with Gasteiger partial charge in [-0.05, 0) is 26.7 Å². The highest BCUT2D eigenvalue weighted by Crippen LogP contribution is 2.35. The molecule has 0 amide bonds. The first-order valence-corrected chi connectivity index (χ1v) is 7.16. The van der Waals surface area contributed by atoms with E-state index in [9.17, 15) is 13.2 Å². The maximum Gasteiger partial charge on any atom is 0.393 e. The summed E-state index contributed by atoms with van der Waals surface area (Å²) < 4.78 is 43.9. The highest BCUT2D eigenvalue weighted by atomic mass is 35.5. The Bertz CT molecular complexity index is 496. The summed E-state index contributed by atoms with van der Waals surface area (Å²) in [6.45, 7) is 4.02. The van der Waals surface area contributed by atoms with Crippen LogP contribution in [0.15, 0.2) is 6.07 Å². The minimum absolute atomic E-state index is 0.0848. The molecule has 1 fully saturated rings. The summed E-state index contributed by atoms with van der Waals surface area (Å²) in [7, 11) is 0. The summed E-state index contributed by atoms with van der Waals surface area (Å²) in [5, 5.41) is 0.157. The molecule has 1 aliphatic rings. The molecule has 1 saturated heterocycles. The van der Waals surface area contributed by atoms with E-state index in [0.717, 1.165) is 0 Å². The van der Waals surface area contributed by atoms with E-state index < -0.39 is 12.1 Å². The average molecular weight is 324 g/mol. The highest BCUT2D eigenvalue weighted by molar-refractivity contribution is 6.29. The highest BCUT2D eigenvalue weighted by Gasteiger charge is 2.42. The Morgan fingerprint density at radius 2 is 2.10 bits per heavy atom. The number of piperidine rings is 1. The lowest BCUT2D eigenvalue weighted by molar-refractivity contribution is -0.176. The SMILES string of the molecule is CC(C)Oc1nc(Cl)cc(N2CCCC(C(F)(F)F)C2)n1. The lowest BCUT2D eigenvalue weighted by Crippen LogP contribution is -2.42. The van der Waals surface area contributed by atoms with Crippen LogP contribution in [-0.4, -0.2) is 35.3 Å². The molecule has 118 valence electrons. The fourth-order valence-electron chi connectivity index (χ4n) is 2.26. The third-order valence-corrected chi connectivity index (χ3v) is 3.40. The number of rotatable bonds is 3. The van der Waals surface area contributed by atoms with Gasteiger partial charge in [0.15, 0.2) is 0 Å². The fraction of sp³-hybridized carbons (Fsp3) is 0.692. The largest absolute Gasteiger partial charge is 0.461 e. The second-order valence-corrected chi connectivity index (χ2v) is 5.71. The zero-order valence-electron chi connectivity index (χ0n) is 11.8. The maximum atomic E-state index is 12.9. The minimum Gasteiger partial charge on any atom is -0.461 e. The first-order chi connectivity index (χ1) is 9.75. The van der Waals surface area contributed by atoms with E-state index in [4.69, 9.17) is 16.3 Å². The van der Waals surface area contributed by atoms with Crippen LogP contribution in [0.1, 0.15) is 26.7 Å². The van der Waals surface area contributed by atoms with Crippen LogP contribution >= 0.6 is 11.6 Å². The van der Waals surface area contributed by atoms with E-state index in [0.29, 0.717) is 18.8 Å². The molecule has 2 heterocycles. The summed E-state index contributed by atoms with van der Waals surface area (Å²) in [4.78, 5) is 9.66. The predicted octanol–water partition coefficient (Wildman–Crippen LogP) is 3.70. The van der Waals surface area contributed by atoms with E-state index >= 15 is 0 Å². The van der Waals surface area contributed by atoms with Gasteiger partial charge in [-0.1, -0.05) is 11.6 Å². The number of anilines is 1. The van der Waals surface area contributed by atoms with Crippen molar-refractivity contribution >= 4 is 17.4 Å². The normalized spacial score (nSPS) is 20.0. The Morgan fingerprint density at radius 1 is 1.38 bits per heavy atom. The predicted molar refractivity (Wildman–Crippen MR) is 73.8 cm³/mol. The van der Waals surface area contributed by atoms with Crippen molar-refractivity contribution in [3.8, 4) is 6.01 Å². The van der Waals surface area contributed by atoms with Crippen LogP contribution < -0.4 is 9.64 Å². The molecule has 1 aliphatic heterocycles. The molecule has 2 rings (SSSR count). The minimum atomic E-state index is -4.19. The van der Waals surface area contributed by atoms with Crippen molar-refractivity contribution in [2.75, 3.05) is 18.0 Å². The molecule has 1 atom stereocenters. The molecule has 0 aliphatic carbocycles. The molecule has 0 radical (unpaired) electrons. The van der Waals surface area contributed by atoms with Gasteiger partial charge in [-0.3, -0.25) is 0 Å². The third kappa shape index (κ3) is 4.36. The van der Waals surface area contributed by atoms with Crippen LogP contribution in [0.2, 0.25) is 5.15 Å². The van der Waals surface area contributed by atoms with Crippen molar-refractivity contribution < 1.29 is 17.9 Å². The van der Waals surface area contributed by atoms with Gasteiger partial charge in [-0.15, -0.1) is 0 Å². The van der Waals surface area contributed by atoms with Crippen molar-refractivity contribution in [1.82, 2.24) is 9.97 Å². The van der Waals surface area contributed by atoms with E-state index in [2.05, 4.69) is 9.97 Å². The molecule has 1 unspecified atom stereocenters. The molecule has 0 N–H and O–H groups in total. The average Bonchev–Trinajstić information content (AvgIpc) is 2.36. The number of nitrogens with zero attached hydrogens (tertiary/aromatic N) is 3. The standard InChI is InChI=1S/C13H17ClF3N3O/c1-8(2)21-12-18-10(14)6-11(19-12)20-5-3-4-9(7-20)13(15,16)17/h6,8-9H,3-5,7H2,1-2H3. The molecule has 1 aromatic rings. The van der Waals surface area contributed by atoms with Gasteiger partial charge in [0.1, 0.15) is 11.0 Å². The van der Waals surface area contributed by atoms with Crippen LogP contribution in [0.4, 0.5) is 19.0 Å². The molecular formula is C13H17ClF3N3O. The number of ether oxygens (including phenoxy) is 1. The van der Waals surface area contributed by atoms with Gasteiger partial charge in [-0.2, -0.15) is 23.1 Å². The number of hydrogen-bond donors (Lipinski definition) is 0. The number of alkyl halides is 3. The summed E-state index contributed by atoms with van der Waals surface area (Å²) in [5.74, 6) is -0.964. The van der Waals surface area contributed by atoms with Crippen LogP contribution in [0.3, 0.4) is 0 Å². The molecule has 0 spiro atoms. The van der Waals surface area contributed by atoms with E-state index in [1.807, 2.05) is 13.8 Å². The summed E-state index contributed by atoms with van der Waals surface area (Å²) >= 11 is 5.90. The molecule has 0 bridgehead atoms. The number of halogens is 4. The Labute approximate surface area is 126 Å². The summed E-state index contributed by atoms with van der Waals surface area (Å²) in [6.07, 6.45) is -3.71. The van der Waals surface area contributed by atoms with Gasteiger partial charge >= 0.3 is 12.2 Å². The van der Waals surface area contributed by atoms with Gasteiger partial charge < -0.3 is 9.64 Å². The Morgan fingerprint density at radius 3 is 2.71 bits per heavy atom. The molecule has 0 aromatic carbocycles. The van der Waals surface area contributed by atoms with Crippen LogP contribution in [-0.2, 0) is 0 Å². The zero-order valence-corrected chi connectivity index (χ0v) is 12.6. The quantitative estimate of drug-likeness (QED) is 0.795. The lowest BCUT2D eigenvalue weighted by atomic mass is 9.97. The van der Waals surface area contributed by atoms with Gasteiger partial charge in [0, 0.05) is 19.2 Å². The van der Waals surface area contributed by atoms with E-state index in [1.165, 1.54) is 6.07 Å². The second-order valence-electron chi connectivity index (χ2n) is 5.32. The van der Waals surface area contributed by atoms with E-state index in [1.54, 1.807) is 4.90 Å². The molecule has 8 heteroatoms. The van der Waals surface area contributed by atoms with Crippen molar-refractivity contribution in [3.05, 3.63) is 11.2 Å². The zero-order chi connectivity index (χ0) is 15.6. The van der Waals surface area contributed by atoms with Crippen molar-refractivity contribution in [1.29, 1.82) is 0 Å². The van der Waals surface area contributed by atoms with Gasteiger partial charge in [0.05, 0.1) is 12.0 Å². The van der Waals surface area contributed by atoms with Crippen LogP contribution in [0, 0.1) is 5.92 Å². The maximum absolute atomic E-state index is 12.9. The van der Waals surface area contributed by atoms with Crippen molar-refractivity contribution in [3.63, 3.8) is 0 Å². The van der Waals surface area contributed by atoms with Gasteiger partial charge in [0.25, 0.3) is 0 Å². The molecule has 21 heavy (non-hydrogen) atoms. The van der Waals surface area contributed by atoms with Crippen LogP contribution in [0.5, 0.6) is 6.01 Å². The first-order valence-electron chi connectivity index (χ1n) is 6.78. The fourth-order valence-corrected chi connectivity index (χ4v) is 2.43. The van der Waals surface area contributed by atoms with Crippen molar-refractivity contribution in [2.24, 2.45) is 5.92 Å². The van der Waals surface area contributed by atoms with E-state index in [-0.39, 0.29) is 30.2 Å². The second kappa shape index (κ2) is 6.25. The molecule has 4 nitrogen and oxygen atoms in total. The molecule has 1 aromatic heterocycles. The smallest absolute Gasteiger partial charge is 0.393 e. The Kier molecular flexibility index (Phi) is 4.81. The number of aromatic nitrogens is 2. The van der Waals surface area contributed by atoms with Gasteiger partial charge in [0.2, 0.25) is 0 Å². The van der Waals surface area contributed by atoms with Gasteiger partial charge in [-0.25, -0.2) is 0 Å². The first kappa shape index (κ1) is 16.1. The number of hydrogen-bond acceptors (Lipinski definition) is 4. The Hall–Kier alpha value is -1.24. The third-order valence-electron chi connectivity index (χ3n) is 3.21. The van der Waals surface area contributed by atoms with Crippen molar-refractivity contribution in [2.45, 2.75) is 39.0 Å². The molecule has 0 saturated carbocycles. The molecular weight excluding hydrogens is 307 g/mol. The summed E-state index contributed by atoms with van der Waals surface area (Å²) in [6, 6.07) is 1.55. The monoisotopic (exact) mass is 323 g/mol. The summed E-state index contributed by atoms with van der Waals surface area (Å²) in [5.41, 5.74) is 0. The lowest BCUT2D eigenvalue weighted by Gasteiger charge is -2.34.